The molecule has 1 aromatic rings. The van der Waals surface area contributed by atoms with Crippen LogP contribution in [-0.4, -0.2) is 47.8 Å². The van der Waals surface area contributed by atoms with Gasteiger partial charge in [0.25, 0.3) is 0 Å². The SMILES string of the molecule is Clc1nc(NCCC2CCCC2)nc(N2CCOCC2)n1. The Balaban J connectivity index is 1.57. The van der Waals surface area contributed by atoms with Crippen molar-refractivity contribution in [1.29, 1.82) is 0 Å². The number of aromatic nitrogens is 3. The monoisotopic (exact) mass is 311 g/mol. The lowest BCUT2D eigenvalue weighted by Gasteiger charge is -2.26. The molecule has 1 N–H and O–H groups in total. The summed E-state index contributed by atoms with van der Waals surface area (Å²) in [6, 6.07) is 0. The molecule has 3 rings (SSSR count). The van der Waals surface area contributed by atoms with Gasteiger partial charge >= 0.3 is 0 Å². The zero-order valence-corrected chi connectivity index (χ0v) is 13.0. The third-order valence-corrected chi connectivity index (χ3v) is 4.37. The molecule has 0 aromatic carbocycles. The van der Waals surface area contributed by atoms with Crippen LogP contribution in [-0.2, 0) is 4.74 Å². The second-order valence-electron chi connectivity index (χ2n) is 5.69. The summed E-state index contributed by atoms with van der Waals surface area (Å²) in [5, 5.41) is 3.53. The Morgan fingerprint density at radius 3 is 2.67 bits per heavy atom. The van der Waals surface area contributed by atoms with E-state index in [-0.39, 0.29) is 5.28 Å². The Morgan fingerprint density at radius 2 is 1.90 bits per heavy atom. The Kier molecular flexibility index (Phi) is 5.08. The normalized spacial score (nSPS) is 20.0. The maximum absolute atomic E-state index is 6.02. The van der Waals surface area contributed by atoms with Gasteiger partial charge < -0.3 is 15.0 Å². The highest BCUT2D eigenvalue weighted by molar-refractivity contribution is 6.28. The minimum Gasteiger partial charge on any atom is -0.378 e. The van der Waals surface area contributed by atoms with Crippen LogP contribution in [0, 0.1) is 5.92 Å². The average Bonchev–Trinajstić information content (AvgIpc) is 3.01. The summed E-state index contributed by atoms with van der Waals surface area (Å²) in [4.78, 5) is 14.9. The number of ether oxygens (including phenoxy) is 1. The fraction of sp³-hybridized carbons (Fsp3) is 0.786. The molecule has 21 heavy (non-hydrogen) atoms. The molecule has 2 aliphatic rings. The molecule has 0 atom stereocenters. The van der Waals surface area contributed by atoms with Crippen LogP contribution in [0.3, 0.4) is 0 Å². The van der Waals surface area contributed by atoms with Crippen molar-refractivity contribution in [2.75, 3.05) is 43.1 Å². The summed E-state index contributed by atoms with van der Waals surface area (Å²) in [6.45, 7) is 3.89. The van der Waals surface area contributed by atoms with E-state index in [9.17, 15) is 0 Å². The van der Waals surface area contributed by atoms with Gasteiger partial charge in [0.1, 0.15) is 0 Å². The molecule has 0 unspecified atom stereocenters. The molecule has 2 heterocycles. The van der Waals surface area contributed by atoms with Crippen molar-refractivity contribution in [1.82, 2.24) is 15.0 Å². The van der Waals surface area contributed by atoms with Gasteiger partial charge in [-0.1, -0.05) is 25.7 Å². The number of nitrogens with one attached hydrogen (secondary N) is 1. The molecule has 1 aliphatic carbocycles. The van der Waals surface area contributed by atoms with Crippen molar-refractivity contribution >= 4 is 23.5 Å². The lowest BCUT2D eigenvalue weighted by Crippen LogP contribution is -2.37. The second-order valence-corrected chi connectivity index (χ2v) is 6.03. The Hall–Kier alpha value is -1.14. The Labute approximate surface area is 130 Å². The minimum atomic E-state index is 0.245. The van der Waals surface area contributed by atoms with Crippen LogP contribution in [0.5, 0.6) is 0 Å². The topological polar surface area (TPSA) is 63.2 Å². The van der Waals surface area contributed by atoms with Gasteiger partial charge in [0.05, 0.1) is 13.2 Å². The second kappa shape index (κ2) is 7.22. The number of hydrogen-bond donors (Lipinski definition) is 1. The summed E-state index contributed by atoms with van der Waals surface area (Å²) in [5.41, 5.74) is 0. The maximum Gasteiger partial charge on any atom is 0.231 e. The van der Waals surface area contributed by atoms with E-state index in [0.29, 0.717) is 25.1 Å². The number of rotatable bonds is 5. The molecule has 6 nitrogen and oxygen atoms in total. The van der Waals surface area contributed by atoms with E-state index in [4.69, 9.17) is 16.3 Å². The van der Waals surface area contributed by atoms with Crippen molar-refractivity contribution in [2.45, 2.75) is 32.1 Å². The van der Waals surface area contributed by atoms with E-state index >= 15 is 0 Å². The van der Waals surface area contributed by atoms with E-state index in [1.54, 1.807) is 0 Å². The number of nitrogens with zero attached hydrogens (tertiary/aromatic N) is 4. The van der Waals surface area contributed by atoms with Crippen LogP contribution in [0.15, 0.2) is 0 Å². The van der Waals surface area contributed by atoms with Crippen molar-refractivity contribution in [2.24, 2.45) is 5.92 Å². The molecular weight excluding hydrogens is 290 g/mol. The molecular formula is C14H22ClN5O. The van der Waals surface area contributed by atoms with Gasteiger partial charge in [0.15, 0.2) is 0 Å². The van der Waals surface area contributed by atoms with Gasteiger partial charge in [-0.15, -0.1) is 0 Å². The predicted octanol–water partition coefficient (Wildman–Crippen LogP) is 2.35. The van der Waals surface area contributed by atoms with Gasteiger partial charge in [0, 0.05) is 19.6 Å². The van der Waals surface area contributed by atoms with Crippen LogP contribution in [0.4, 0.5) is 11.9 Å². The number of hydrogen-bond acceptors (Lipinski definition) is 6. The average molecular weight is 312 g/mol. The van der Waals surface area contributed by atoms with E-state index in [0.717, 1.165) is 25.6 Å². The first-order valence-corrected chi connectivity index (χ1v) is 8.17. The lowest BCUT2D eigenvalue weighted by atomic mass is 10.0. The maximum atomic E-state index is 6.02. The summed E-state index contributed by atoms with van der Waals surface area (Å²) >= 11 is 6.02. The fourth-order valence-electron chi connectivity index (χ4n) is 3.01. The quantitative estimate of drug-likeness (QED) is 0.900. The summed E-state index contributed by atoms with van der Waals surface area (Å²) in [6.07, 6.45) is 6.65. The fourth-order valence-corrected chi connectivity index (χ4v) is 3.17. The highest BCUT2D eigenvalue weighted by atomic mass is 35.5. The van der Waals surface area contributed by atoms with Gasteiger partial charge in [0.2, 0.25) is 17.2 Å². The molecule has 7 heteroatoms. The minimum absolute atomic E-state index is 0.245. The van der Waals surface area contributed by atoms with Crippen molar-refractivity contribution in [3.8, 4) is 0 Å². The number of morpholine rings is 1. The van der Waals surface area contributed by atoms with Crippen molar-refractivity contribution in [3.63, 3.8) is 0 Å². The smallest absolute Gasteiger partial charge is 0.231 e. The molecule has 1 aromatic heterocycles. The molecule has 0 bridgehead atoms. The summed E-state index contributed by atoms with van der Waals surface area (Å²) in [7, 11) is 0. The molecule has 1 saturated heterocycles. The van der Waals surface area contributed by atoms with E-state index in [2.05, 4.69) is 25.2 Å². The van der Waals surface area contributed by atoms with Gasteiger partial charge in [-0.2, -0.15) is 15.0 Å². The van der Waals surface area contributed by atoms with Crippen LogP contribution >= 0.6 is 11.6 Å². The number of halogens is 1. The lowest BCUT2D eigenvalue weighted by molar-refractivity contribution is 0.122. The molecule has 0 spiro atoms. The first kappa shape index (κ1) is 14.8. The molecule has 1 aliphatic heterocycles. The third-order valence-electron chi connectivity index (χ3n) is 4.20. The van der Waals surface area contributed by atoms with Gasteiger partial charge in [-0.3, -0.25) is 0 Å². The molecule has 2 fully saturated rings. The molecule has 1 saturated carbocycles. The Bertz CT molecular complexity index is 461. The van der Waals surface area contributed by atoms with Crippen molar-refractivity contribution < 1.29 is 4.74 Å². The first-order chi connectivity index (χ1) is 10.3. The highest BCUT2D eigenvalue weighted by Crippen LogP contribution is 2.27. The van der Waals surface area contributed by atoms with E-state index in [1.165, 1.54) is 32.1 Å². The molecule has 116 valence electrons. The molecule has 0 radical (unpaired) electrons. The van der Waals surface area contributed by atoms with Crippen LogP contribution < -0.4 is 10.2 Å². The molecule has 0 amide bonds. The third kappa shape index (κ3) is 4.17. The predicted molar refractivity (Wildman–Crippen MR) is 82.9 cm³/mol. The highest BCUT2D eigenvalue weighted by Gasteiger charge is 2.17. The van der Waals surface area contributed by atoms with E-state index in [1.807, 2.05) is 0 Å². The largest absolute Gasteiger partial charge is 0.378 e. The summed E-state index contributed by atoms with van der Waals surface area (Å²) in [5.74, 6) is 2.07. The van der Waals surface area contributed by atoms with Gasteiger partial charge in [-0.05, 0) is 23.9 Å². The van der Waals surface area contributed by atoms with Gasteiger partial charge in [-0.25, -0.2) is 0 Å². The standard InChI is InChI=1S/C14H22ClN5O/c15-12-17-13(16-6-5-11-3-1-2-4-11)19-14(18-12)20-7-9-21-10-8-20/h11H,1-10H2,(H,16,17,18,19). The zero-order valence-electron chi connectivity index (χ0n) is 12.2. The summed E-state index contributed by atoms with van der Waals surface area (Å²) < 4.78 is 5.34. The van der Waals surface area contributed by atoms with Crippen molar-refractivity contribution in [3.05, 3.63) is 5.28 Å². The van der Waals surface area contributed by atoms with Crippen LogP contribution in [0.2, 0.25) is 5.28 Å². The first-order valence-electron chi connectivity index (χ1n) is 7.79. The zero-order chi connectivity index (χ0) is 14.5. The van der Waals surface area contributed by atoms with Crippen LogP contribution in [0.25, 0.3) is 0 Å². The van der Waals surface area contributed by atoms with E-state index < -0.39 is 0 Å². The number of anilines is 2. The van der Waals surface area contributed by atoms with Crippen LogP contribution in [0.1, 0.15) is 32.1 Å². The Morgan fingerprint density at radius 1 is 1.14 bits per heavy atom.